The molecule has 0 aromatic rings. The molecule has 0 aliphatic heterocycles. The number of rotatable bonds is 0. The van der Waals surface area contributed by atoms with Crippen molar-refractivity contribution in [3.05, 3.63) is 0 Å². The molecule has 0 heterocycles. The summed E-state index contributed by atoms with van der Waals surface area (Å²) in [5.74, 6) is 0. The largest absolute Gasteiger partial charge is 0.652 e. The molecule has 86 valence electrons. The molecule has 2 radical (unpaired) electrons. The van der Waals surface area contributed by atoms with Gasteiger partial charge >= 0.3 is 0 Å². The van der Waals surface area contributed by atoms with Crippen LogP contribution in [0.3, 0.4) is 0 Å². The van der Waals surface area contributed by atoms with E-state index in [4.69, 9.17) is 45.0 Å². The maximum atomic E-state index is 8.33. The van der Waals surface area contributed by atoms with E-state index in [0.717, 1.165) is 0 Å². The van der Waals surface area contributed by atoms with Crippen LogP contribution in [0.5, 0.6) is 0 Å². The van der Waals surface area contributed by atoms with Gasteiger partial charge < -0.3 is 45.0 Å². The third-order valence-corrected chi connectivity index (χ3v) is 0. The fourth-order valence-corrected chi connectivity index (χ4v) is 0. The maximum Gasteiger partial charge on any atom is 0 e. The Kier molecular flexibility index (Phi) is 47.3. The molecule has 0 spiro atoms. The summed E-state index contributed by atoms with van der Waals surface area (Å²) >= 11 is 0. The molecule has 9 nitrogen and oxygen atoms in total. The molecule has 0 bridgehead atoms. The van der Waals surface area contributed by atoms with Crippen molar-refractivity contribution < 1.29 is 73.6 Å². The van der Waals surface area contributed by atoms with Gasteiger partial charge in [-0.1, -0.05) is 0 Å². The monoisotopic (exact) mass is 662 g/mol. The summed E-state index contributed by atoms with van der Waals surface area (Å²) in [4.78, 5) is 25.0. The molecule has 0 saturated heterocycles. The van der Waals surface area contributed by atoms with Crippen molar-refractivity contribution >= 4 is 18.5 Å². The molecular formula is C3Am2O9-6. The molecule has 0 rings (SSSR count). The van der Waals surface area contributed by atoms with Crippen molar-refractivity contribution in [1.29, 1.82) is 0 Å². The molecule has 0 atom stereocenters. The number of carbonyl (C=O) groups is 3. The first-order valence-corrected chi connectivity index (χ1v) is 1.84. The Morgan fingerprint density at radius 2 is 0.500 bits per heavy atom. The number of carbonyl (C=O) groups excluding carboxylic acids is 3. The fourth-order valence-electron chi connectivity index (χ4n) is 0. The predicted molar refractivity (Wildman–Crippen MR) is 16.2 cm³/mol. The molecule has 0 fully saturated rings. The second-order valence-corrected chi connectivity index (χ2v) is 0.750. The Morgan fingerprint density at radius 3 is 0.500 bits per heavy atom. The third kappa shape index (κ3) is 489. The Hall–Kier alpha value is -1.41. The third-order valence-electron chi connectivity index (χ3n) is 0. The Bertz CT molecular complexity index is 116. The van der Waals surface area contributed by atoms with E-state index in [1.165, 1.54) is 0 Å². The van der Waals surface area contributed by atoms with E-state index >= 15 is 0 Å². The van der Waals surface area contributed by atoms with Gasteiger partial charge in [-0.3, -0.25) is 0 Å². The Labute approximate surface area is 92.6 Å². The minimum absolute atomic E-state index is 0. The van der Waals surface area contributed by atoms with Crippen molar-refractivity contribution in [2.45, 2.75) is 0 Å². The zero-order valence-corrected chi connectivity index (χ0v) is 12.2. The number of hydrogen-bond donors (Lipinski definition) is 0. The van der Waals surface area contributed by atoms with Crippen LogP contribution in [0.2, 0.25) is 0 Å². The fraction of sp³-hybridized carbons (Fsp3) is 0. The smallest absolute Gasteiger partial charge is 0 e. The van der Waals surface area contributed by atoms with Gasteiger partial charge in [0, 0.05) is 28.6 Å². The maximum absolute atomic E-state index is 8.33. The standard InChI is InChI=1S/3CH2O3.2Am/c3*2-1(3)4;;/h3*(H2,2,3,4);;/p-6. The first-order valence-electron chi connectivity index (χ1n) is 1.84. The van der Waals surface area contributed by atoms with E-state index in [1.54, 1.807) is 0 Å². The molecule has 0 unspecified atom stereocenters. The molecule has 0 aliphatic rings. The molecule has 0 amide bonds. The van der Waals surface area contributed by atoms with Crippen molar-refractivity contribution in [2.24, 2.45) is 0 Å². The van der Waals surface area contributed by atoms with Gasteiger partial charge in [0.25, 0.3) is 0 Å². The molecule has 0 saturated carbocycles. The van der Waals surface area contributed by atoms with E-state index in [-0.39, 0.29) is 28.6 Å². The normalized spacial score (nSPS) is 5.14. The molecular weight excluding hydrogens is 666 g/mol. The van der Waals surface area contributed by atoms with Crippen molar-refractivity contribution in [3.8, 4) is 0 Å². The molecule has 11 heteroatoms. The van der Waals surface area contributed by atoms with Crippen LogP contribution in [-0.4, -0.2) is 18.5 Å². The van der Waals surface area contributed by atoms with Gasteiger partial charge in [-0.15, -0.1) is 0 Å². The van der Waals surface area contributed by atoms with E-state index < -0.39 is 18.5 Å². The number of hydrogen-bond acceptors (Lipinski definition) is 9. The summed E-state index contributed by atoms with van der Waals surface area (Å²) in [6.45, 7) is 0. The van der Waals surface area contributed by atoms with Crippen molar-refractivity contribution in [2.75, 3.05) is 0 Å². The predicted octanol–water partition coefficient (Wildman–Crippen LogP) is -7.34. The van der Waals surface area contributed by atoms with Crippen LogP contribution < -0.4 is 30.6 Å². The molecule has 0 aromatic carbocycles. The molecule has 14 heavy (non-hydrogen) atoms. The van der Waals surface area contributed by atoms with Gasteiger partial charge in [0.1, 0.15) is 0 Å². The molecule has 0 N–H and O–H groups in total. The summed E-state index contributed by atoms with van der Waals surface area (Å²) in [5, 5.41) is 50.0. The van der Waals surface area contributed by atoms with Gasteiger partial charge in [-0.2, -0.15) is 0 Å². The zero-order chi connectivity index (χ0) is 10.7. The molecule has 0 aromatic heterocycles. The zero-order valence-electron chi connectivity index (χ0n) is 5.93. The SMILES string of the molecule is O=C([O-])[O-].O=C([O-])[O-].O=C([O-])[O-].[Am].[Am]. The van der Waals surface area contributed by atoms with Gasteiger partial charge in [-0.25, -0.2) is 0 Å². The second-order valence-electron chi connectivity index (χ2n) is 0.750. The van der Waals surface area contributed by atoms with Gasteiger partial charge in [0.05, 0.1) is 0 Å². The summed E-state index contributed by atoms with van der Waals surface area (Å²) in [7, 11) is 0. The van der Waals surface area contributed by atoms with Crippen LogP contribution in [0.1, 0.15) is 0 Å². The quantitative estimate of drug-likeness (QED) is 0.242. The summed E-state index contributed by atoms with van der Waals surface area (Å²) < 4.78 is 0. The number of carboxylic acid groups (broad SMARTS) is 6. The summed E-state index contributed by atoms with van der Waals surface area (Å²) in [6, 6.07) is 0. The van der Waals surface area contributed by atoms with E-state index in [9.17, 15) is 0 Å². The van der Waals surface area contributed by atoms with E-state index in [2.05, 4.69) is 0 Å². The van der Waals surface area contributed by atoms with Crippen LogP contribution in [-0.2, 0) is 0 Å². The Morgan fingerprint density at radius 1 is 0.500 bits per heavy atom. The van der Waals surface area contributed by atoms with Gasteiger partial charge in [-0.05, 0) is 18.5 Å². The van der Waals surface area contributed by atoms with Crippen molar-refractivity contribution in [3.63, 3.8) is 0 Å². The van der Waals surface area contributed by atoms with Crippen LogP contribution in [0.4, 0.5) is 14.4 Å². The first-order chi connectivity index (χ1) is 5.20. The average molecular weight is 666 g/mol. The summed E-state index contributed by atoms with van der Waals surface area (Å²) in [5.41, 5.74) is 0. The Balaban J connectivity index is -0.0000000270. The average Bonchev–Trinajstić information content (AvgIpc) is 1.54. The van der Waals surface area contributed by atoms with Crippen LogP contribution in [0.25, 0.3) is 0 Å². The van der Waals surface area contributed by atoms with Gasteiger partial charge in [0.15, 0.2) is 0 Å². The minimum atomic E-state index is -2.33. The topological polar surface area (TPSA) is 190 Å². The van der Waals surface area contributed by atoms with Gasteiger partial charge in [0.2, 0.25) is 0 Å². The minimum Gasteiger partial charge on any atom is -0.652 e. The van der Waals surface area contributed by atoms with E-state index in [1.807, 2.05) is 0 Å². The van der Waals surface area contributed by atoms with Crippen molar-refractivity contribution in [1.82, 2.24) is 0 Å². The molecule has 0 aliphatic carbocycles. The second kappa shape index (κ2) is 22.6. The van der Waals surface area contributed by atoms with Crippen LogP contribution in [0, 0.1) is 28.6 Å². The van der Waals surface area contributed by atoms with Crippen LogP contribution >= 0.6 is 0 Å². The van der Waals surface area contributed by atoms with E-state index in [0.29, 0.717) is 0 Å². The first kappa shape index (κ1) is 29.4. The summed E-state index contributed by atoms with van der Waals surface area (Å²) in [6.07, 6.45) is -7.00. The van der Waals surface area contributed by atoms with Crippen LogP contribution in [0.15, 0.2) is 0 Å².